The molecular formula is C16H22N2O4. The summed E-state index contributed by atoms with van der Waals surface area (Å²) >= 11 is 0. The lowest BCUT2D eigenvalue weighted by Crippen LogP contribution is -2.40. The summed E-state index contributed by atoms with van der Waals surface area (Å²) in [4.78, 5) is 35.0. The highest BCUT2D eigenvalue weighted by Crippen LogP contribution is 2.12. The summed E-state index contributed by atoms with van der Waals surface area (Å²) in [5.41, 5.74) is 0.542. The van der Waals surface area contributed by atoms with Gasteiger partial charge in [0.1, 0.15) is 6.42 Å². The van der Waals surface area contributed by atoms with Crippen LogP contribution in [0.15, 0.2) is 24.3 Å². The standard InChI is InChI=1S/C16H22N2O4/c1-5-22-14(20)10-13(19)17-12-8-6-7-11(9-12)15(21)18-16(2,3)4/h6-9H,5,10H2,1-4H3,(H,17,19)(H,18,21). The number of esters is 1. The Morgan fingerprint density at radius 3 is 2.45 bits per heavy atom. The van der Waals surface area contributed by atoms with Gasteiger partial charge in [-0.3, -0.25) is 14.4 Å². The third-order valence-electron chi connectivity index (χ3n) is 2.51. The molecule has 0 saturated heterocycles. The largest absolute Gasteiger partial charge is 0.466 e. The van der Waals surface area contributed by atoms with E-state index < -0.39 is 11.9 Å². The van der Waals surface area contributed by atoms with Gasteiger partial charge < -0.3 is 15.4 Å². The van der Waals surface area contributed by atoms with Crippen molar-refractivity contribution in [3.05, 3.63) is 29.8 Å². The van der Waals surface area contributed by atoms with Crippen LogP contribution in [0.5, 0.6) is 0 Å². The van der Waals surface area contributed by atoms with Crippen LogP contribution in [-0.4, -0.2) is 29.9 Å². The molecule has 1 rings (SSSR count). The molecule has 1 aromatic rings. The van der Waals surface area contributed by atoms with Crippen molar-refractivity contribution in [3.63, 3.8) is 0 Å². The Kier molecular flexibility index (Phi) is 6.10. The number of nitrogens with one attached hydrogen (secondary N) is 2. The fraction of sp³-hybridized carbons (Fsp3) is 0.438. The van der Waals surface area contributed by atoms with Crippen molar-refractivity contribution in [1.29, 1.82) is 0 Å². The molecule has 0 aliphatic carbocycles. The molecule has 6 nitrogen and oxygen atoms in total. The van der Waals surface area contributed by atoms with Gasteiger partial charge in [-0.2, -0.15) is 0 Å². The van der Waals surface area contributed by atoms with Crippen LogP contribution >= 0.6 is 0 Å². The Hall–Kier alpha value is -2.37. The predicted octanol–water partition coefficient (Wildman–Crippen LogP) is 2.11. The van der Waals surface area contributed by atoms with Gasteiger partial charge in [0.15, 0.2) is 0 Å². The third kappa shape index (κ3) is 6.39. The van der Waals surface area contributed by atoms with Gasteiger partial charge in [-0.25, -0.2) is 0 Å². The van der Waals surface area contributed by atoms with E-state index in [1.807, 2.05) is 20.8 Å². The quantitative estimate of drug-likeness (QED) is 0.644. The van der Waals surface area contributed by atoms with Gasteiger partial charge in [0.05, 0.1) is 6.61 Å². The van der Waals surface area contributed by atoms with Gasteiger partial charge in [0, 0.05) is 16.8 Å². The lowest BCUT2D eigenvalue weighted by atomic mass is 10.1. The zero-order valence-electron chi connectivity index (χ0n) is 13.4. The van der Waals surface area contributed by atoms with Crippen molar-refractivity contribution in [1.82, 2.24) is 5.32 Å². The van der Waals surface area contributed by atoms with Crippen LogP contribution in [0, 0.1) is 0 Å². The maximum Gasteiger partial charge on any atom is 0.315 e. The highest BCUT2D eigenvalue weighted by Gasteiger charge is 2.16. The molecule has 2 amide bonds. The van der Waals surface area contributed by atoms with E-state index >= 15 is 0 Å². The summed E-state index contributed by atoms with van der Waals surface area (Å²) in [5.74, 6) is -1.29. The minimum Gasteiger partial charge on any atom is -0.466 e. The first-order valence-electron chi connectivity index (χ1n) is 7.09. The van der Waals surface area contributed by atoms with Crippen molar-refractivity contribution < 1.29 is 19.1 Å². The molecule has 0 bridgehead atoms. The molecule has 0 aliphatic rings. The van der Waals surface area contributed by atoms with E-state index in [4.69, 9.17) is 4.74 Å². The first kappa shape index (κ1) is 17.7. The fourth-order valence-corrected chi connectivity index (χ4v) is 1.70. The van der Waals surface area contributed by atoms with Gasteiger partial charge in [-0.15, -0.1) is 0 Å². The number of hydrogen-bond acceptors (Lipinski definition) is 4. The smallest absolute Gasteiger partial charge is 0.315 e. The summed E-state index contributed by atoms with van der Waals surface area (Å²) < 4.78 is 4.70. The minimum absolute atomic E-state index is 0.228. The lowest BCUT2D eigenvalue weighted by molar-refractivity contribution is -0.145. The molecule has 120 valence electrons. The van der Waals surface area contributed by atoms with Crippen molar-refractivity contribution >= 4 is 23.5 Å². The number of carbonyl (C=O) groups excluding carboxylic acids is 3. The Balaban J connectivity index is 2.70. The Bertz CT molecular complexity index is 562. The van der Waals surface area contributed by atoms with E-state index in [0.29, 0.717) is 11.3 Å². The molecule has 0 spiro atoms. The molecule has 0 atom stereocenters. The van der Waals surface area contributed by atoms with E-state index in [1.54, 1.807) is 31.2 Å². The number of rotatable bonds is 5. The van der Waals surface area contributed by atoms with Crippen LogP contribution < -0.4 is 10.6 Å². The summed E-state index contributed by atoms with van der Waals surface area (Å²) in [6.07, 6.45) is -0.355. The summed E-state index contributed by atoms with van der Waals surface area (Å²) in [7, 11) is 0. The number of ether oxygens (including phenoxy) is 1. The van der Waals surface area contributed by atoms with E-state index in [-0.39, 0.29) is 24.5 Å². The summed E-state index contributed by atoms with van der Waals surface area (Å²) in [6.45, 7) is 7.56. The van der Waals surface area contributed by atoms with Crippen LogP contribution in [0.3, 0.4) is 0 Å². The summed E-state index contributed by atoms with van der Waals surface area (Å²) in [5, 5.41) is 5.41. The number of hydrogen-bond donors (Lipinski definition) is 2. The normalized spacial score (nSPS) is 10.7. The maximum atomic E-state index is 12.1. The fourth-order valence-electron chi connectivity index (χ4n) is 1.70. The molecule has 0 heterocycles. The van der Waals surface area contributed by atoms with E-state index in [0.717, 1.165) is 0 Å². The van der Waals surface area contributed by atoms with Crippen molar-refractivity contribution in [2.24, 2.45) is 0 Å². The van der Waals surface area contributed by atoms with Gasteiger partial charge in [-0.05, 0) is 45.9 Å². The molecule has 0 saturated carbocycles. The SMILES string of the molecule is CCOC(=O)CC(=O)Nc1cccc(C(=O)NC(C)(C)C)c1. The maximum absolute atomic E-state index is 12.1. The minimum atomic E-state index is -0.582. The van der Waals surface area contributed by atoms with Gasteiger partial charge in [0.2, 0.25) is 5.91 Å². The van der Waals surface area contributed by atoms with E-state index in [1.165, 1.54) is 0 Å². The molecule has 6 heteroatoms. The topological polar surface area (TPSA) is 84.5 Å². The summed E-state index contributed by atoms with van der Waals surface area (Å²) in [6, 6.07) is 6.53. The highest BCUT2D eigenvalue weighted by atomic mass is 16.5. The zero-order chi connectivity index (χ0) is 16.8. The second-order valence-corrected chi connectivity index (χ2v) is 5.81. The van der Waals surface area contributed by atoms with Crippen LogP contribution in [-0.2, 0) is 14.3 Å². The Morgan fingerprint density at radius 1 is 1.18 bits per heavy atom. The van der Waals surface area contributed by atoms with E-state index in [2.05, 4.69) is 10.6 Å². The van der Waals surface area contributed by atoms with Crippen LogP contribution in [0.25, 0.3) is 0 Å². The molecule has 0 unspecified atom stereocenters. The van der Waals surface area contributed by atoms with Crippen molar-refractivity contribution in [2.75, 3.05) is 11.9 Å². The second kappa shape index (κ2) is 7.59. The zero-order valence-corrected chi connectivity index (χ0v) is 13.4. The second-order valence-electron chi connectivity index (χ2n) is 5.81. The molecule has 0 radical (unpaired) electrons. The van der Waals surface area contributed by atoms with Crippen LogP contribution in [0.2, 0.25) is 0 Å². The van der Waals surface area contributed by atoms with Gasteiger partial charge >= 0.3 is 5.97 Å². The number of anilines is 1. The molecule has 0 aliphatic heterocycles. The predicted molar refractivity (Wildman–Crippen MR) is 83.5 cm³/mol. The van der Waals surface area contributed by atoms with Gasteiger partial charge in [0.25, 0.3) is 5.91 Å². The molecule has 0 aromatic heterocycles. The lowest BCUT2D eigenvalue weighted by Gasteiger charge is -2.20. The first-order chi connectivity index (χ1) is 10.2. The Morgan fingerprint density at radius 2 is 1.86 bits per heavy atom. The third-order valence-corrected chi connectivity index (χ3v) is 2.51. The monoisotopic (exact) mass is 306 g/mol. The molecule has 1 aromatic carbocycles. The van der Waals surface area contributed by atoms with Crippen LogP contribution in [0.4, 0.5) is 5.69 Å². The average Bonchev–Trinajstić information content (AvgIpc) is 2.36. The average molecular weight is 306 g/mol. The number of amides is 2. The van der Waals surface area contributed by atoms with E-state index in [9.17, 15) is 14.4 Å². The van der Waals surface area contributed by atoms with Crippen molar-refractivity contribution in [3.8, 4) is 0 Å². The van der Waals surface area contributed by atoms with Gasteiger partial charge in [-0.1, -0.05) is 6.07 Å². The first-order valence-corrected chi connectivity index (χ1v) is 7.09. The molecule has 22 heavy (non-hydrogen) atoms. The Labute approximate surface area is 130 Å². The number of carbonyl (C=O) groups is 3. The molecule has 0 fully saturated rings. The highest BCUT2D eigenvalue weighted by molar-refractivity contribution is 6.03. The van der Waals surface area contributed by atoms with Crippen LogP contribution in [0.1, 0.15) is 44.5 Å². The molecule has 2 N–H and O–H groups in total. The number of benzene rings is 1. The van der Waals surface area contributed by atoms with Crippen molar-refractivity contribution in [2.45, 2.75) is 39.7 Å². The molecular weight excluding hydrogens is 284 g/mol.